The highest BCUT2D eigenvalue weighted by Gasteiger charge is 2.71. The van der Waals surface area contributed by atoms with E-state index in [0.717, 1.165) is 5.57 Å². The maximum Gasteiger partial charge on any atom is 0.319 e. The lowest BCUT2D eigenvalue weighted by atomic mass is 9.34. The predicted octanol–water partition coefficient (Wildman–Crippen LogP) is -4.89. The number of hydrogen-bond donors (Lipinski definition) is 17. The number of esters is 1. The van der Waals surface area contributed by atoms with Crippen molar-refractivity contribution in [3.8, 4) is 0 Å². The number of aliphatic hydroxyl groups is 17. The number of Topliss-reactive ketones (excluding diaryl/α,β-unsaturated/α-hetero) is 1. The Bertz CT molecular complexity index is 2540. The van der Waals surface area contributed by atoms with E-state index >= 15 is 4.79 Å². The van der Waals surface area contributed by atoms with Gasteiger partial charge in [-0.2, -0.15) is 0 Å². The fraction of sp³-hybridized carbons (Fsp3) is 0.933. The fourth-order valence-electron chi connectivity index (χ4n) is 17.7. The van der Waals surface area contributed by atoms with E-state index in [1.165, 1.54) is 6.92 Å². The smallest absolute Gasteiger partial charge is 0.319 e. The van der Waals surface area contributed by atoms with Crippen molar-refractivity contribution in [3.05, 3.63) is 11.1 Å². The van der Waals surface area contributed by atoms with Crippen molar-refractivity contribution in [2.45, 2.75) is 272 Å². The zero-order valence-electron chi connectivity index (χ0n) is 51.3. The van der Waals surface area contributed by atoms with E-state index in [-0.39, 0.29) is 42.5 Å². The summed E-state index contributed by atoms with van der Waals surface area (Å²) in [5.74, 6) is -1.32. The summed E-state index contributed by atoms with van der Waals surface area (Å²) in [5, 5.41) is 184. The normalized spacial score (nSPS) is 53.5. The number of carbonyl (C=O) groups excluding carboxylic acids is 2. The maximum atomic E-state index is 15.2. The van der Waals surface area contributed by atoms with E-state index in [1.54, 1.807) is 6.92 Å². The molecule has 10 aliphatic rings. The monoisotopic (exact) mass is 1280 g/mol. The van der Waals surface area contributed by atoms with Crippen LogP contribution in [0.25, 0.3) is 0 Å². The quantitative estimate of drug-likeness (QED) is 0.0540. The zero-order chi connectivity index (χ0) is 65.2. The Labute approximate surface area is 514 Å². The molecule has 510 valence electrons. The minimum Gasteiger partial charge on any atom is -0.432 e. The third kappa shape index (κ3) is 11.3. The van der Waals surface area contributed by atoms with Crippen LogP contribution in [0.2, 0.25) is 0 Å². The van der Waals surface area contributed by atoms with E-state index in [4.69, 9.17) is 47.4 Å². The lowest BCUT2D eigenvalue weighted by molar-refractivity contribution is -0.409. The van der Waals surface area contributed by atoms with Crippen LogP contribution in [-0.2, 0) is 57.0 Å². The Morgan fingerprint density at radius 2 is 0.955 bits per heavy atom. The minimum atomic E-state index is -2.05. The van der Waals surface area contributed by atoms with Gasteiger partial charge < -0.3 is 134 Å². The second-order valence-electron chi connectivity index (χ2n) is 28.6. The van der Waals surface area contributed by atoms with Crippen LogP contribution in [0, 0.1) is 44.3 Å². The number of allylic oxidation sites excluding steroid dienone is 1. The number of fused-ring (bicyclic) bond motifs is 6. The number of ether oxygens (including phenoxy) is 10. The Balaban J connectivity index is 0.952. The number of carbonyl (C=O) groups is 2. The van der Waals surface area contributed by atoms with Crippen LogP contribution in [0.1, 0.15) is 113 Å². The van der Waals surface area contributed by atoms with E-state index < -0.39 is 231 Å². The summed E-state index contributed by atoms with van der Waals surface area (Å²) >= 11 is 0. The van der Waals surface area contributed by atoms with Crippen LogP contribution in [0.15, 0.2) is 11.1 Å². The molecule has 33 unspecified atom stereocenters. The first kappa shape index (κ1) is 69.7. The maximum absolute atomic E-state index is 15.2. The van der Waals surface area contributed by atoms with E-state index in [9.17, 15) is 91.6 Å². The van der Waals surface area contributed by atoms with Gasteiger partial charge in [-0.05, 0) is 105 Å². The molecule has 29 nitrogen and oxygen atoms in total. The summed E-state index contributed by atoms with van der Waals surface area (Å²) in [6.07, 6.45) is -41.0. The largest absolute Gasteiger partial charge is 0.432 e. The lowest BCUT2D eigenvalue weighted by Gasteiger charge is -2.71. The van der Waals surface area contributed by atoms with Gasteiger partial charge in [0.1, 0.15) is 116 Å². The van der Waals surface area contributed by atoms with Gasteiger partial charge in [0.05, 0.1) is 56.1 Å². The second kappa shape index (κ2) is 25.8. The van der Waals surface area contributed by atoms with Gasteiger partial charge in [0, 0.05) is 5.57 Å². The van der Waals surface area contributed by atoms with Gasteiger partial charge in [-0.15, -0.1) is 0 Å². The van der Waals surface area contributed by atoms with Crippen LogP contribution in [0.3, 0.4) is 0 Å². The molecule has 5 heterocycles. The molecule has 9 fully saturated rings. The molecule has 5 saturated heterocycles. The van der Waals surface area contributed by atoms with E-state index in [2.05, 4.69) is 34.6 Å². The Morgan fingerprint density at radius 1 is 0.472 bits per heavy atom. The summed E-state index contributed by atoms with van der Waals surface area (Å²) in [7, 11) is 0. The Kier molecular flexibility index (Phi) is 20.2. The van der Waals surface area contributed by atoms with Gasteiger partial charge in [0.2, 0.25) is 6.29 Å². The topological polar surface area (TPSA) is 470 Å². The Hall–Kier alpha value is -2.16. The summed E-state index contributed by atoms with van der Waals surface area (Å²) in [6, 6.07) is 0. The standard InChI is InChI=1S/C60H96O29/c1-23-33(66)38(71)42(75)49(80-23)88-47-45(86-52-46(41(74)36(69)27(20-63)83-52)87-50-43(76)39(72)34(67)25(18-61)81-50)37(70)28(21-64)84-53(47)85-31-11-12-57(5)29(55(31,2)3)10-13-59(7)30(57)9-8-24-32-48(78)56(4,22-65)14-16-60(32,17-15-58(24,59)6)54(79)89-51-44(77)40(73)35(68)26(19-62)82-51/h23,25-31,33-47,49-53,61-77H,8-22H2,1-7H3. The highest BCUT2D eigenvalue weighted by atomic mass is 16.8. The molecule has 4 saturated carbocycles. The first-order chi connectivity index (χ1) is 41.8. The molecule has 5 aliphatic carbocycles. The molecular weight excluding hydrogens is 1180 g/mol. The molecule has 89 heavy (non-hydrogen) atoms. The van der Waals surface area contributed by atoms with Crippen molar-refractivity contribution in [2.24, 2.45) is 44.3 Å². The fourth-order valence-corrected chi connectivity index (χ4v) is 17.7. The molecule has 5 aliphatic heterocycles. The summed E-state index contributed by atoms with van der Waals surface area (Å²) in [4.78, 5) is 30.1. The third-order valence-corrected chi connectivity index (χ3v) is 23.6. The van der Waals surface area contributed by atoms with Crippen molar-refractivity contribution in [2.75, 3.05) is 33.0 Å². The Morgan fingerprint density at radius 3 is 1.54 bits per heavy atom. The van der Waals surface area contributed by atoms with Gasteiger partial charge >= 0.3 is 5.97 Å². The predicted molar refractivity (Wildman–Crippen MR) is 296 cm³/mol. The molecule has 0 bridgehead atoms. The molecule has 0 aromatic carbocycles. The van der Waals surface area contributed by atoms with E-state index in [0.29, 0.717) is 44.9 Å². The highest BCUT2D eigenvalue weighted by molar-refractivity contribution is 6.08. The average molecular weight is 1280 g/mol. The van der Waals surface area contributed by atoms with Crippen LogP contribution in [-0.4, -0.2) is 291 Å². The summed E-state index contributed by atoms with van der Waals surface area (Å²) < 4.78 is 61.3. The molecule has 29 heteroatoms. The van der Waals surface area contributed by atoms with Crippen molar-refractivity contribution < 1.29 is 144 Å². The van der Waals surface area contributed by atoms with Gasteiger partial charge in [-0.25, -0.2) is 0 Å². The lowest BCUT2D eigenvalue weighted by Crippen LogP contribution is -2.69. The van der Waals surface area contributed by atoms with Crippen LogP contribution in [0.4, 0.5) is 0 Å². The van der Waals surface area contributed by atoms with Crippen molar-refractivity contribution in [3.63, 3.8) is 0 Å². The SMILES string of the molecule is CC1OC(OC2C(OC3CCC4(C)C(CCC5(C)C4CCC4=C6C(=O)C(C)(CO)CCC6(C(=O)OC6OC(CO)C(O)C(O)C6O)CCC45C)C3(C)C)OC(CO)C(O)C2OC2OC(CO)C(O)C(O)C2OC2OC(CO)C(O)C(O)C2O)C(O)C(O)C1O. The second-order valence-corrected chi connectivity index (χ2v) is 28.6. The van der Waals surface area contributed by atoms with Gasteiger partial charge in [0.25, 0.3) is 0 Å². The van der Waals surface area contributed by atoms with Crippen LogP contribution < -0.4 is 0 Å². The molecule has 17 N–H and O–H groups in total. The molecule has 10 rings (SSSR count). The van der Waals surface area contributed by atoms with Crippen molar-refractivity contribution in [1.82, 2.24) is 0 Å². The molecule has 0 amide bonds. The number of ketones is 1. The first-order valence-corrected chi connectivity index (χ1v) is 31.4. The van der Waals surface area contributed by atoms with Gasteiger partial charge in [0.15, 0.2) is 30.9 Å². The summed E-state index contributed by atoms with van der Waals surface area (Å²) in [6.45, 7) is 9.99. The average Bonchev–Trinajstić information content (AvgIpc) is 0.707. The zero-order valence-corrected chi connectivity index (χ0v) is 51.3. The summed E-state index contributed by atoms with van der Waals surface area (Å²) in [5.41, 5.74) is -4.00. The molecule has 0 spiro atoms. The molecular formula is C60H96O29. The number of hydrogen-bond acceptors (Lipinski definition) is 29. The number of aliphatic hydroxyl groups excluding tert-OH is 17. The van der Waals surface area contributed by atoms with Crippen LogP contribution in [0.5, 0.6) is 0 Å². The highest BCUT2D eigenvalue weighted by Crippen LogP contribution is 2.76. The minimum absolute atomic E-state index is 0.00692. The molecule has 0 aromatic rings. The van der Waals surface area contributed by atoms with Crippen molar-refractivity contribution >= 4 is 11.8 Å². The molecule has 0 radical (unpaired) electrons. The molecule has 0 aromatic heterocycles. The van der Waals surface area contributed by atoms with E-state index in [1.807, 2.05) is 0 Å². The third-order valence-electron chi connectivity index (χ3n) is 23.6. The van der Waals surface area contributed by atoms with Crippen LogP contribution >= 0.6 is 0 Å². The van der Waals surface area contributed by atoms with Crippen molar-refractivity contribution in [1.29, 1.82) is 0 Å². The number of rotatable bonds is 15. The van der Waals surface area contributed by atoms with Gasteiger partial charge in [-0.3, -0.25) is 9.59 Å². The molecule has 33 atom stereocenters. The first-order valence-electron chi connectivity index (χ1n) is 31.4. The van der Waals surface area contributed by atoms with Gasteiger partial charge in [-0.1, -0.05) is 47.1 Å².